The van der Waals surface area contributed by atoms with Crippen molar-refractivity contribution in [2.45, 2.75) is 121 Å². The van der Waals surface area contributed by atoms with Gasteiger partial charge >= 0.3 is 10.4 Å². The smallest absolute Gasteiger partial charge is 0.396 e. The molecule has 10 heteroatoms. The quantitative estimate of drug-likeness (QED) is 0.250. The minimum atomic E-state index is -4.92. The van der Waals surface area contributed by atoms with E-state index in [1.807, 2.05) is 20.8 Å². The second-order valence-electron chi connectivity index (χ2n) is 13.6. The summed E-state index contributed by atoms with van der Waals surface area (Å²) in [6.45, 7) is 8.09. The van der Waals surface area contributed by atoms with Crippen LogP contribution in [0, 0.1) is 40.4 Å². The van der Waals surface area contributed by atoms with Crippen molar-refractivity contribution in [1.82, 2.24) is 0 Å². The summed E-state index contributed by atoms with van der Waals surface area (Å²) in [4.78, 5) is 0. The van der Waals surface area contributed by atoms with Crippen molar-refractivity contribution in [2.24, 2.45) is 40.4 Å². The fraction of sp³-hybridized carbons (Fsp3) is 1.00. The van der Waals surface area contributed by atoms with Crippen molar-refractivity contribution in [3.05, 3.63) is 0 Å². The van der Waals surface area contributed by atoms with Gasteiger partial charge in [-0.25, -0.2) is 4.18 Å². The summed E-state index contributed by atoms with van der Waals surface area (Å²) in [6.07, 6.45) is 2.40. The normalized spacial score (nSPS) is 49.6. The number of aliphatic hydroxyl groups is 5. The maximum Gasteiger partial charge on any atom is 0.397 e. The number of aliphatic hydroxyl groups excluding tert-OH is 3. The number of fused-ring (bicyclic) bond motifs is 5. The van der Waals surface area contributed by atoms with Gasteiger partial charge in [0, 0.05) is 18.4 Å². The molecule has 0 saturated heterocycles. The van der Waals surface area contributed by atoms with Gasteiger partial charge in [0.2, 0.25) is 0 Å². The highest BCUT2D eigenvalue weighted by Crippen LogP contribution is 2.71. The van der Waals surface area contributed by atoms with Crippen LogP contribution in [-0.2, 0) is 14.6 Å². The Hall–Kier alpha value is -0.330. The molecule has 0 bridgehead atoms. The van der Waals surface area contributed by atoms with Gasteiger partial charge in [-0.2, -0.15) is 8.42 Å². The molecule has 0 aromatic rings. The van der Waals surface area contributed by atoms with E-state index in [9.17, 15) is 38.5 Å². The summed E-state index contributed by atoms with van der Waals surface area (Å²) in [6, 6.07) is 0. The molecule has 4 saturated carbocycles. The van der Waals surface area contributed by atoms with Gasteiger partial charge in [0.05, 0.1) is 12.2 Å². The van der Waals surface area contributed by atoms with Crippen molar-refractivity contribution >= 4 is 10.4 Å². The fourth-order valence-corrected chi connectivity index (χ4v) is 10.1. The van der Waals surface area contributed by atoms with E-state index in [4.69, 9.17) is 4.18 Å². The standard InChI is InChI=1S/C27H48O9S/c1-16(15-28)6-5-7-17(2)19-13-23(36-37(33,34)35)27(32)25(19,4)11-9-22-24(3)10-8-18(29)12-20(24)21(30)14-26(22,27)31/h16-23,28-32H,5-15H2,1-4H3,(H,33,34,35)/t16-,17-,18+,19-,20-,21+,22-,23+,24+,25-,26+,27+/m1/s1. The van der Waals surface area contributed by atoms with Crippen molar-refractivity contribution < 1.29 is 42.7 Å². The lowest BCUT2D eigenvalue weighted by atomic mass is 9.40. The molecule has 4 fully saturated rings. The van der Waals surface area contributed by atoms with Crippen LogP contribution in [0.15, 0.2) is 0 Å². The molecule has 4 rings (SSSR count). The van der Waals surface area contributed by atoms with Gasteiger partial charge < -0.3 is 25.5 Å². The van der Waals surface area contributed by atoms with E-state index in [1.54, 1.807) is 0 Å². The van der Waals surface area contributed by atoms with E-state index >= 15 is 0 Å². The Labute approximate surface area is 221 Å². The summed E-state index contributed by atoms with van der Waals surface area (Å²) in [5.41, 5.74) is -5.30. The van der Waals surface area contributed by atoms with Gasteiger partial charge in [-0.3, -0.25) is 4.55 Å². The van der Waals surface area contributed by atoms with Crippen LogP contribution in [0.1, 0.15) is 91.9 Å². The Morgan fingerprint density at radius 2 is 1.70 bits per heavy atom. The second kappa shape index (κ2) is 9.94. The highest BCUT2D eigenvalue weighted by atomic mass is 32.3. The molecule has 0 aromatic heterocycles. The summed E-state index contributed by atoms with van der Waals surface area (Å²) in [5.74, 6) is -0.596. The molecule has 9 nitrogen and oxygen atoms in total. The minimum absolute atomic E-state index is 0.0687. The largest absolute Gasteiger partial charge is 0.397 e. The lowest BCUT2D eigenvalue weighted by molar-refractivity contribution is -0.328. The molecule has 6 N–H and O–H groups in total. The Bertz CT molecular complexity index is 944. The van der Waals surface area contributed by atoms with Crippen LogP contribution in [0.25, 0.3) is 0 Å². The third-order valence-corrected chi connectivity index (χ3v) is 12.1. The molecule has 4 aliphatic carbocycles. The molecular formula is C27H48O9S. The maximum absolute atomic E-state index is 12.6. The Kier molecular flexibility index (Phi) is 7.97. The van der Waals surface area contributed by atoms with Crippen LogP contribution in [0.4, 0.5) is 0 Å². The van der Waals surface area contributed by atoms with Crippen LogP contribution >= 0.6 is 0 Å². The van der Waals surface area contributed by atoms with Gasteiger partial charge in [0.15, 0.2) is 0 Å². The monoisotopic (exact) mass is 548 g/mol. The third kappa shape index (κ3) is 4.61. The summed E-state index contributed by atoms with van der Waals surface area (Å²) >= 11 is 0. The highest BCUT2D eigenvalue weighted by molar-refractivity contribution is 7.80. The Morgan fingerprint density at radius 3 is 2.32 bits per heavy atom. The average Bonchev–Trinajstić information content (AvgIpc) is 3.02. The Balaban J connectivity index is 1.73. The Morgan fingerprint density at radius 1 is 1.03 bits per heavy atom. The fourth-order valence-electron chi connectivity index (χ4n) is 9.61. The topological polar surface area (TPSA) is 165 Å². The van der Waals surface area contributed by atoms with Gasteiger partial charge in [0.1, 0.15) is 17.3 Å². The molecule has 37 heavy (non-hydrogen) atoms. The van der Waals surface area contributed by atoms with Crippen LogP contribution in [0.5, 0.6) is 0 Å². The first kappa shape index (κ1) is 29.6. The molecule has 216 valence electrons. The first-order valence-electron chi connectivity index (χ1n) is 14.1. The molecule has 0 spiro atoms. The van der Waals surface area contributed by atoms with Crippen LogP contribution in [0.3, 0.4) is 0 Å². The first-order valence-corrected chi connectivity index (χ1v) is 15.5. The van der Waals surface area contributed by atoms with E-state index in [0.717, 1.165) is 19.3 Å². The zero-order valence-corrected chi connectivity index (χ0v) is 23.5. The molecule has 0 aliphatic heterocycles. The lowest BCUT2D eigenvalue weighted by Gasteiger charge is -2.68. The molecule has 0 heterocycles. The predicted octanol–water partition coefficient (Wildman–Crippen LogP) is 2.44. The van der Waals surface area contributed by atoms with E-state index < -0.39 is 56.7 Å². The molecular weight excluding hydrogens is 500 g/mol. The molecule has 0 aromatic carbocycles. The van der Waals surface area contributed by atoms with E-state index in [-0.39, 0.29) is 43.1 Å². The highest BCUT2D eigenvalue weighted by Gasteiger charge is 2.79. The van der Waals surface area contributed by atoms with Crippen molar-refractivity contribution in [3.63, 3.8) is 0 Å². The number of rotatable bonds is 8. The minimum Gasteiger partial charge on any atom is -0.396 e. The predicted molar refractivity (Wildman–Crippen MR) is 137 cm³/mol. The average molecular weight is 549 g/mol. The van der Waals surface area contributed by atoms with Crippen molar-refractivity contribution in [1.29, 1.82) is 0 Å². The molecule has 12 atom stereocenters. The van der Waals surface area contributed by atoms with E-state index in [0.29, 0.717) is 32.1 Å². The zero-order valence-electron chi connectivity index (χ0n) is 22.7. The molecule has 0 amide bonds. The van der Waals surface area contributed by atoms with Gasteiger partial charge in [0.25, 0.3) is 0 Å². The molecule has 0 unspecified atom stereocenters. The van der Waals surface area contributed by atoms with Gasteiger partial charge in [-0.1, -0.05) is 40.5 Å². The van der Waals surface area contributed by atoms with Crippen molar-refractivity contribution in [3.8, 4) is 0 Å². The molecule has 4 aliphatic rings. The number of hydrogen-bond donors (Lipinski definition) is 6. The summed E-state index contributed by atoms with van der Waals surface area (Å²) < 4.78 is 38.8. The summed E-state index contributed by atoms with van der Waals surface area (Å²) in [5, 5.41) is 56.1. The summed E-state index contributed by atoms with van der Waals surface area (Å²) in [7, 11) is -4.92. The van der Waals surface area contributed by atoms with Crippen LogP contribution < -0.4 is 0 Å². The van der Waals surface area contributed by atoms with E-state index in [2.05, 4.69) is 6.92 Å². The van der Waals surface area contributed by atoms with Gasteiger partial charge in [-0.05, 0) is 80.0 Å². The van der Waals surface area contributed by atoms with Crippen LogP contribution in [-0.4, -0.2) is 74.6 Å². The van der Waals surface area contributed by atoms with Gasteiger partial charge in [-0.15, -0.1) is 0 Å². The zero-order chi connectivity index (χ0) is 27.6. The van der Waals surface area contributed by atoms with E-state index in [1.165, 1.54) is 0 Å². The van der Waals surface area contributed by atoms with Crippen molar-refractivity contribution in [2.75, 3.05) is 6.61 Å². The third-order valence-electron chi connectivity index (χ3n) is 11.6. The molecule has 0 radical (unpaired) electrons. The second-order valence-corrected chi connectivity index (χ2v) is 14.6. The number of hydrogen-bond acceptors (Lipinski definition) is 8. The van der Waals surface area contributed by atoms with Crippen LogP contribution in [0.2, 0.25) is 0 Å². The SMILES string of the molecule is C[C@@H](CO)CCC[C@@H](C)[C@H]1C[C@H](OS(=O)(=O)O)[C@]2(O)[C@]1(C)CC[C@@H]1[C@@]3(C)CC[C@H](O)C[C@@H]3[C@@H](O)C[C@]12O. The first-order chi connectivity index (χ1) is 17.0. The maximum atomic E-state index is 12.6. The lowest BCUT2D eigenvalue weighted by Crippen LogP contribution is -2.77.